The number of ether oxygens (including phenoxy) is 1. The maximum absolute atomic E-state index is 11.9. The summed E-state index contributed by atoms with van der Waals surface area (Å²) in [6.45, 7) is 4.00. The molecule has 2 aromatic rings. The molecule has 0 aliphatic rings. The lowest BCUT2D eigenvalue weighted by atomic mass is 10.1. The molecule has 0 bridgehead atoms. The number of nitro groups is 1. The van der Waals surface area contributed by atoms with Crippen LogP contribution in [0.5, 0.6) is 11.5 Å². The fourth-order valence-corrected chi connectivity index (χ4v) is 2.96. The molecule has 0 spiro atoms. The zero-order chi connectivity index (χ0) is 19.4. The highest BCUT2D eigenvalue weighted by Crippen LogP contribution is 2.34. The summed E-state index contributed by atoms with van der Waals surface area (Å²) in [5.41, 5.74) is 2.25. The third-order valence-corrected chi connectivity index (χ3v) is 3.95. The maximum atomic E-state index is 11.9. The molecule has 0 atom stereocenters. The summed E-state index contributed by atoms with van der Waals surface area (Å²) < 4.78 is 6.44. The first-order chi connectivity index (χ1) is 12.2. The van der Waals surface area contributed by atoms with Gasteiger partial charge in [0.2, 0.25) is 5.91 Å². The van der Waals surface area contributed by atoms with Gasteiger partial charge in [-0.25, -0.2) is 0 Å². The van der Waals surface area contributed by atoms with Gasteiger partial charge in [0.1, 0.15) is 11.5 Å². The van der Waals surface area contributed by atoms with Crippen LogP contribution in [0, 0.1) is 24.0 Å². The molecule has 0 aromatic heterocycles. The normalized spacial score (nSPS) is 10.7. The summed E-state index contributed by atoms with van der Waals surface area (Å²) in [7, 11) is 3.65. The van der Waals surface area contributed by atoms with E-state index in [0.29, 0.717) is 21.7 Å². The van der Waals surface area contributed by atoms with Gasteiger partial charge < -0.3 is 15.0 Å². The van der Waals surface area contributed by atoms with Crippen LogP contribution < -0.4 is 10.1 Å². The van der Waals surface area contributed by atoms with Gasteiger partial charge in [0, 0.05) is 16.2 Å². The van der Waals surface area contributed by atoms with E-state index >= 15 is 0 Å². The number of hydrogen-bond acceptors (Lipinski definition) is 5. The highest BCUT2D eigenvalue weighted by molar-refractivity contribution is 9.10. The van der Waals surface area contributed by atoms with Gasteiger partial charge in [0.25, 0.3) is 5.69 Å². The Morgan fingerprint density at radius 1 is 1.19 bits per heavy atom. The molecule has 8 heteroatoms. The number of carbonyl (C=O) groups excluding carboxylic acids is 1. The zero-order valence-corrected chi connectivity index (χ0v) is 16.6. The number of non-ortho nitro benzene ring substituents is 1. The molecule has 2 rings (SSSR count). The van der Waals surface area contributed by atoms with Gasteiger partial charge in [-0.05, 0) is 57.3 Å². The second kappa shape index (κ2) is 8.29. The number of nitrogens with one attached hydrogen (secondary N) is 1. The first-order valence-electron chi connectivity index (χ1n) is 7.84. The maximum Gasteiger partial charge on any atom is 0.274 e. The predicted molar refractivity (Wildman–Crippen MR) is 104 cm³/mol. The van der Waals surface area contributed by atoms with Crippen LogP contribution >= 0.6 is 15.9 Å². The van der Waals surface area contributed by atoms with Crippen LogP contribution in [0.1, 0.15) is 11.1 Å². The monoisotopic (exact) mass is 421 g/mol. The first-order valence-corrected chi connectivity index (χ1v) is 8.63. The molecule has 7 nitrogen and oxygen atoms in total. The first kappa shape index (κ1) is 19.9. The Hall–Kier alpha value is -2.45. The lowest BCUT2D eigenvalue weighted by molar-refractivity contribution is -0.385. The van der Waals surface area contributed by atoms with E-state index in [2.05, 4.69) is 21.2 Å². The van der Waals surface area contributed by atoms with Gasteiger partial charge in [-0.1, -0.05) is 15.9 Å². The molecule has 0 fully saturated rings. The molecule has 1 N–H and O–H groups in total. The smallest absolute Gasteiger partial charge is 0.274 e. The number of halogens is 1. The number of hydrogen-bond donors (Lipinski definition) is 1. The van der Waals surface area contributed by atoms with Crippen LogP contribution in [0.4, 0.5) is 11.4 Å². The fourth-order valence-electron chi connectivity index (χ4n) is 2.50. The SMILES string of the molecule is Cc1cc(NC(=O)CN(C)C)cc(C)c1Oc1cc(Br)cc([N+](=O)[O-])c1. The Morgan fingerprint density at radius 3 is 2.35 bits per heavy atom. The van der Waals surface area contributed by atoms with Crippen LogP contribution in [0.15, 0.2) is 34.8 Å². The van der Waals surface area contributed by atoms with Crippen molar-refractivity contribution in [2.24, 2.45) is 0 Å². The third kappa shape index (κ3) is 5.27. The second-order valence-electron chi connectivity index (χ2n) is 6.23. The highest BCUT2D eigenvalue weighted by atomic mass is 79.9. The molecule has 0 aliphatic heterocycles. The van der Waals surface area contributed by atoms with E-state index in [4.69, 9.17) is 4.74 Å². The number of nitro benzene ring substituents is 1. The molecule has 26 heavy (non-hydrogen) atoms. The molecule has 0 saturated heterocycles. The minimum atomic E-state index is -0.472. The van der Waals surface area contributed by atoms with E-state index < -0.39 is 4.92 Å². The Balaban J connectivity index is 2.26. The number of benzene rings is 2. The summed E-state index contributed by atoms with van der Waals surface area (Å²) in [5.74, 6) is 0.856. The molecule has 0 unspecified atom stereocenters. The Bertz CT molecular complexity index is 829. The van der Waals surface area contributed by atoms with E-state index in [1.54, 1.807) is 11.0 Å². The predicted octanol–water partition coefficient (Wildman–Crippen LogP) is 4.27. The van der Waals surface area contributed by atoms with Crippen LogP contribution in [0.2, 0.25) is 0 Å². The Labute approximate surface area is 160 Å². The third-order valence-electron chi connectivity index (χ3n) is 3.49. The van der Waals surface area contributed by atoms with Crippen molar-refractivity contribution in [1.29, 1.82) is 0 Å². The van der Waals surface area contributed by atoms with Gasteiger partial charge in [-0.2, -0.15) is 0 Å². The van der Waals surface area contributed by atoms with Gasteiger partial charge in [0.15, 0.2) is 0 Å². The second-order valence-corrected chi connectivity index (χ2v) is 7.15. The molecule has 0 heterocycles. The minimum absolute atomic E-state index is 0.0581. The molecular weight excluding hydrogens is 402 g/mol. The summed E-state index contributed by atoms with van der Waals surface area (Å²) in [4.78, 5) is 24.2. The molecule has 138 valence electrons. The van der Waals surface area contributed by atoms with Crippen molar-refractivity contribution in [3.8, 4) is 11.5 Å². The van der Waals surface area contributed by atoms with Crippen molar-refractivity contribution in [3.63, 3.8) is 0 Å². The molecule has 1 amide bonds. The van der Waals surface area contributed by atoms with Crippen LogP contribution in [-0.4, -0.2) is 36.4 Å². The van der Waals surface area contributed by atoms with Crippen molar-refractivity contribution < 1.29 is 14.5 Å². The standard InChI is InChI=1S/C18H20BrN3O4/c1-11-5-14(20-17(23)10-21(3)4)6-12(2)18(11)26-16-8-13(19)7-15(9-16)22(24)25/h5-9H,10H2,1-4H3,(H,20,23). The number of nitrogens with zero attached hydrogens (tertiary/aromatic N) is 2. The molecular formula is C18H20BrN3O4. The average Bonchev–Trinajstić information content (AvgIpc) is 2.49. The molecule has 0 aliphatic carbocycles. The summed E-state index contributed by atoms with van der Waals surface area (Å²) in [6.07, 6.45) is 0. The fraction of sp³-hybridized carbons (Fsp3) is 0.278. The Kier molecular flexibility index (Phi) is 6.33. The number of rotatable bonds is 6. The van der Waals surface area contributed by atoms with Crippen molar-refractivity contribution >= 4 is 33.2 Å². The number of aryl methyl sites for hydroxylation is 2. The lowest BCUT2D eigenvalue weighted by Gasteiger charge is -2.15. The number of carbonyl (C=O) groups is 1. The summed E-state index contributed by atoms with van der Waals surface area (Å²) in [6, 6.07) is 8.07. The number of amides is 1. The topological polar surface area (TPSA) is 84.7 Å². The summed E-state index contributed by atoms with van der Waals surface area (Å²) >= 11 is 3.25. The Morgan fingerprint density at radius 2 is 1.81 bits per heavy atom. The highest BCUT2D eigenvalue weighted by Gasteiger charge is 2.14. The van der Waals surface area contributed by atoms with Gasteiger partial charge >= 0.3 is 0 Å². The number of anilines is 1. The van der Waals surface area contributed by atoms with E-state index in [1.165, 1.54) is 12.1 Å². The number of likely N-dealkylation sites (N-methyl/N-ethyl adjacent to an activating group) is 1. The van der Waals surface area contributed by atoms with Crippen LogP contribution in [0.3, 0.4) is 0 Å². The largest absolute Gasteiger partial charge is 0.457 e. The molecule has 0 saturated carbocycles. The van der Waals surface area contributed by atoms with Gasteiger partial charge in [0.05, 0.1) is 17.5 Å². The van der Waals surface area contributed by atoms with Crippen molar-refractivity contribution in [1.82, 2.24) is 4.90 Å². The van der Waals surface area contributed by atoms with E-state index in [0.717, 1.165) is 11.1 Å². The zero-order valence-electron chi connectivity index (χ0n) is 15.0. The quantitative estimate of drug-likeness (QED) is 0.555. The van der Waals surface area contributed by atoms with Gasteiger partial charge in [-0.3, -0.25) is 14.9 Å². The van der Waals surface area contributed by atoms with Crippen molar-refractivity contribution in [2.45, 2.75) is 13.8 Å². The van der Waals surface area contributed by atoms with Gasteiger partial charge in [-0.15, -0.1) is 0 Å². The van der Waals surface area contributed by atoms with Crippen LogP contribution in [-0.2, 0) is 4.79 Å². The minimum Gasteiger partial charge on any atom is -0.457 e. The van der Waals surface area contributed by atoms with E-state index in [-0.39, 0.29) is 18.1 Å². The molecule has 2 aromatic carbocycles. The average molecular weight is 422 g/mol. The van der Waals surface area contributed by atoms with E-state index in [9.17, 15) is 14.9 Å². The van der Waals surface area contributed by atoms with Crippen LogP contribution in [0.25, 0.3) is 0 Å². The van der Waals surface area contributed by atoms with Crippen molar-refractivity contribution in [3.05, 3.63) is 56.0 Å². The lowest BCUT2D eigenvalue weighted by Crippen LogP contribution is -2.27. The van der Waals surface area contributed by atoms with Crippen molar-refractivity contribution in [2.75, 3.05) is 26.0 Å². The summed E-state index contributed by atoms with van der Waals surface area (Å²) in [5, 5.41) is 13.8. The van der Waals surface area contributed by atoms with E-state index in [1.807, 2.05) is 40.1 Å². The molecule has 0 radical (unpaired) electrons.